The smallest absolute Gasteiger partial charge is 0.267 e. The zero-order chi connectivity index (χ0) is 23.7. The Labute approximate surface area is 200 Å². The van der Waals surface area contributed by atoms with Crippen LogP contribution < -0.4 is 10.9 Å². The lowest BCUT2D eigenvalue weighted by Crippen LogP contribution is -2.22. The normalized spacial score (nSPS) is 11.2. The molecule has 0 aliphatic rings. The van der Waals surface area contributed by atoms with Crippen molar-refractivity contribution in [1.82, 2.24) is 19.2 Å². The van der Waals surface area contributed by atoms with Crippen molar-refractivity contribution in [2.24, 2.45) is 0 Å². The first-order valence-corrected chi connectivity index (χ1v) is 12.0. The third-order valence-corrected chi connectivity index (χ3v) is 6.68. The summed E-state index contributed by atoms with van der Waals surface area (Å²) in [5.74, 6) is 0.452. The molecule has 0 bridgehead atoms. The molecule has 5 aromatic rings. The molecule has 0 saturated heterocycles. The van der Waals surface area contributed by atoms with Gasteiger partial charge in [-0.05, 0) is 48.7 Å². The van der Waals surface area contributed by atoms with E-state index >= 15 is 0 Å². The van der Waals surface area contributed by atoms with Gasteiger partial charge < -0.3 is 5.32 Å². The topological polar surface area (TPSA) is 81.3 Å². The first-order chi connectivity index (χ1) is 16.6. The number of amides is 1. The summed E-state index contributed by atoms with van der Waals surface area (Å²) in [5, 5.41) is 12.8. The van der Waals surface area contributed by atoms with Crippen LogP contribution in [0.1, 0.15) is 18.1 Å². The summed E-state index contributed by atoms with van der Waals surface area (Å²) in [7, 11) is 0. The van der Waals surface area contributed by atoms with E-state index in [0.29, 0.717) is 21.8 Å². The Morgan fingerprint density at radius 2 is 1.71 bits per heavy atom. The van der Waals surface area contributed by atoms with Crippen molar-refractivity contribution in [1.29, 1.82) is 0 Å². The third-order valence-electron chi connectivity index (χ3n) is 5.76. The number of rotatable bonds is 6. The van der Waals surface area contributed by atoms with Crippen LogP contribution in [-0.4, -0.2) is 30.8 Å². The molecule has 8 heteroatoms. The lowest BCUT2D eigenvalue weighted by Gasteiger charge is -2.13. The van der Waals surface area contributed by atoms with E-state index in [1.165, 1.54) is 11.8 Å². The molecule has 5 rings (SSSR count). The molecule has 0 aliphatic carbocycles. The van der Waals surface area contributed by atoms with E-state index in [0.717, 1.165) is 28.9 Å². The van der Waals surface area contributed by atoms with Gasteiger partial charge in [0, 0.05) is 5.69 Å². The number of aryl methyl sites for hydroxylation is 2. The fourth-order valence-corrected chi connectivity index (χ4v) is 4.81. The fraction of sp³-hybridized carbons (Fsp3) is 0.154. The number of carbonyl (C=O) groups is 1. The van der Waals surface area contributed by atoms with Crippen LogP contribution in [0, 0.1) is 6.92 Å². The van der Waals surface area contributed by atoms with Crippen LogP contribution >= 0.6 is 11.8 Å². The van der Waals surface area contributed by atoms with Crippen molar-refractivity contribution in [3.8, 4) is 5.69 Å². The average Bonchev–Trinajstić information content (AvgIpc) is 3.28. The molecular weight excluding hydrogens is 446 g/mol. The lowest BCUT2D eigenvalue weighted by atomic mass is 10.1. The number of thioether (sulfide) groups is 1. The van der Waals surface area contributed by atoms with Gasteiger partial charge in [0.15, 0.2) is 5.16 Å². The first-order valence-electron chi connectivity index (χ1n) is 11.0. The molecular formula is C26H23N5O2S. The van der Waals surface area contributed by atoms with Gasteiger partial charge in [-0.3, -0.25) is 14.0 Å². The van der Waals surface area contributed by atoms with E-state index < -0.39 is 0 Å². The molecule has 0 unspecified atom stereocenters. The fourth-order valence-electron chi connectivity index (χ4n) is 4.07. The van der Waals surface area contributed by atoms with Crippen molar-refractivity contribution in [3.63, 3.8) is 0 Å². The molecule has 2 heterocycles. The Bertz CT molecular complexity index is 1590. The van der Waals surface area contributed by atoms with Gasteiger partial charge in [-0.1, -0.05) is 67.2 Å². The van der Waals surface area contributed by atoms with Crippen molar-refractivity contribution in [2.45, 2.75) is 25.4 Å². The number of hydrogen-bond donors (Lipinski definition) is 1. The van der Waals surface area contributed by atoms with E-state index in [2.05, 4.69) is 22.4 Å². The Morgan fingerprint density at radius 1 is 0.971 bits per heavy atom. The van der Waals surface area contributed by atoms with Gasteiger partial charge in [-0.25, -0.2) is 4.57 Å². The van der Waals surface area contributed by atoms with Gasteiger partial charge in [-0.2, -0.15) is 0 Å². The highest BCUT2D eigenvalue weighted by Crippen LogP contribution is 2.24. The van der Waals surface area contributed by atoms with E-state index in [4.69, 9.17) is 0 Å². The highest BCUT2D eigenvalue weighted by atomic mass is 32.2. The number of nitrogens with one attached hydrogen (secondary N) is 1. The van der Waals surface area contributed by atoms with Crippen molar-refractivity contribution >= 4 is 40.0 Å². The maximum Gasteiger partial charge on any atom is 0.267 e. The second-order valence-electron chi connectivity index (χ2n) is 7.91. The minimum absolute atomic E-state index is 0.126. The predicted octanol–water partition coefficient (Wildman–Crippen LogP) is 4.64. The van der Waals surface area contributed by atoms with Crippen LogP contribution in [0.25, 0.3) is 22.4 Å². The number of benzene rings is 3. The summed E-state index contributed by atoms with van der Waals surface area (Å²) >= 11 is 1.29. The summed E-state index contributed by atoms with van der Waals surface area (Å²) in [5.41, 5.74) is 4.16. The van der Waals surface area contributed by atoms with Gasteiger partial charge in [-0.15, -0.1) is 10.2 Å². The molecule has 0 spiro atoms. The minimum Gasteiger partial charge on any atom is -0.325 e. The molecule has 34 heavy (non-hydrogen) atoms. The molecule has 2 aromatic heterocycles. The van der Waals surface area contributed by atoms with Gasteiger partial charge in [0.25, 0.3) is 5.56 Å². The maximum atomic E-state index is 13.4. The largest absolute Gasteiger partial charge is 0.325 e. The predicted molar refractivity (Wildman–Crippen MR) is 136 cm³/mol. The molecule has 0 aliphatic heterocycles. The Kier molecular flexibility index (Phi) is 5.90. The summed E-state index contributed by atoms with van der Waals surface area (Å²) in [6, 6.07) is 22.8. The van der Waals surface area contributed by atoms with E-state index in [9.17, 15) is 9.59 Å². The van der Waals surface area contributed by atoms with Gasteiger partial charge in [0.1, 0.15) is 0 Å². The van der Waals surface area contributed by atoms with Crippen molar-refractivity contribution in [2.75, 3.05) is 11.1 Å². The van der Waals surface area contributed by atoms with E-state index in [1.54, 1.807) is 10.6 Å². The zero-order valence-corrected chi connectivity index (χ0v) is 19.7. The summed E-state index contributed by atoms with van der Waals surface area (Å²) in [4.78, 5) is 26.2. The number of fused-ring (bicyclic) bond motifs is 3. The molecule has 3 aromatic carbocycles. The number of carbonyl (C=O) groups excluding carboxylic acids is 1. The van der Waals surface area contributed by atoms with Crippen LogP contribution in [-0.2, 0) is 11.2 Å². The zero-order valence-electron chi connectivity index (χ0n) is 18.9. The van der Waals surface area contributed by atoms with Gasteiger partial charge >= 0.3 is 0 Å². The Hall–Kier alpha value is -3.91. The number of hydrogen-bond acceptors (Lipinski definition) is 5. The van der Waals surface area contributed by atoms with Crippen LogP contribution in [0.3, 0.4) is 0 Å². The molecule has 0 saturated carbocycles. The van der Waals surface area contributed by atoms with Crippen LogP contribution in [0.2, 0.25) is 0 Å². The summed E-state index contributed by atoms with van der Waals surface area (Å²) < 4.78 is 3.44. The standard InChI is InChI=1S/C26H23N5O2S/c1-3-18-11-5-7-13-20(18)27-23(32)16-34-26-29-28-25-30(21-14-8-4-10-17(21)2)24(33)19-12-6-9-15-22(19)31(25)26/h4-15H,3,16H2,1-2H3,(H,27,32). The SMILES string of the molecule is CCc1ccccc1NC(=O)CSc1nnc2n(-c3ccccc3C)c(=O)c3ccccc3n12. The molecule has 1 N–H and O–H groups in total. The van der Waals surface area contributed by atoms with Crippen molar-refractivity contribution < 1.29 is 4.79 Å². The number of anilines is 1. The van der Waals surface area contributed by atoms with Crippen LogP contribution in [0.4, 0.5) is 5.69 Å². The van der Waals surface area contributed by atoms with E-state index in [-0.39, 0.29) is 17.2 Å². The molecule has 1 amide bonds. The number of para-hydroxylation sites is 3. The highest BCUT2D eigenvalue weighted by molar-refractivity contribution is 7.99. The van der Waals surface area contributed by atoms with Crippen molar-refractivity contribution in [3.05, 3.63) is 94.3 Å². The molecule has 0 fully saturated rings. The second kappa shape index (κ2) is 9.15. The lowest BCUT2D eigenvalue weighted by molar-refractivity contribution is -0.113. The van der Waals surface area contributed by atoms with Crippen LogP contribution in [0.5, 0.6) is 0 Å². The van der Waals surface area contributed by atoms with Crippen LogP contribution in [0.15, 0.2) is 82.7 Å². The minimum atomic E-state index is -0.157. The monoisotopic (exact) mass is 469 g/mol. The Balaban J connectivity index is 1.55. The quantitative estimate of drug-likeness (QED) is 0.367. The second-order valence-corrected chi connectivity index (χ2v) is 8.85. The first kappa shape index (κ1) is 21.9. The summed E-state index contributed by atoms with van der Waals surface area (Å²) in [6.45, 7) is 4.01. The van der Waals surface area contributed by atoms with E-state index in [1.807, 2.05) is 78.1 Å². The highest BCUT2D eigenvalue weighted by Gasteiger charge is 2.19. The average molecular weight is 470 g/mol. The molecule has 0 radical (unpaired) electrons. The number of nitrogens with zero attached hydrogens (tertiary/aromatic N) is 4. The maximum absolute atomic E-state index is 13.4. The molecule has 170 valence electrons. The third kappa shape index (κ3) is 3.86. The number of aromatic nitrogens is 4. The van der Waals surface area contributed by atoms with Gasteiger partial charge in [0.05, 0.1) is 22.3 Å². The molecule has 0 atom stereocenters. The molecule has 7 nitrogen and oxygen atoms in total. The summed E-state index contributed by atoms with van der Waals surface area (Å²) in [6.07, 6.45) is 0.834. The Morgan fingerprint density at radius 3 is 2.53 bits per heavy atom. The van der Waals surface area contributed by atoms with Gasteiger partial charge in [0.2, 0.25) is 11.7 Å².